The zero-order chi connectivity index (χ0) is 21.1. The highest BCUT2D eigenvalue weighted by atomic mass is 35.5. The van der Waals surface area contributed by atoms with Crippen LogP contribution in [-0.2, 0) is 0 Å². The molecule has 0 saturated heterocycles. The molecular weight excluding hydrogens is 423 g/mol. The predicted octanol–water partition coefficient (Wildman–Crippen LogP) is 6.15. The lowest BCUT2D eigenvalue weighted by molar-refractivity contribution is 0.247. The summed E-state index contributed by atoms with van der Waals surface area (Å²) in [4.78, 5) is 21.3. The summed E-state index contributed by atoms with van der Waals surface area (Å²) in [7, 11) is 0. The number of nitrogens with zero attached hydrogens (tertiary/aromatic N) is 2. The number of benzene rings is 2. The first-order valence-electron chi connectivity index (χ1n) is 10.0. The van der Waals surface area contributed by atoms with Crippen molar-refractivity contribution in [3.8, 4) is 16.9 Å². The molecule has 3 aromatic rings. The van der Waals surface area contributed by atoms with Gasteiger partial charge in [-0.25, -0.2) is 9.78 Å². The summed E-state index contributed by atoms with van der Waals surface area (Å²) < 4.78 is 0. The van der Waals surface area contributed by atoms with Gasteiger partial charge in [-0.15, -0.1) is 0 Å². The van der Waals surface area contributed by atoms with Gasteiger partial charge in [0.05, 0.1) is 27.3 Å². The summed E-state index contributed by atoms with van der Waals surface area (Å²) >= 11 is 12.1. The second kappa shape index (κ2) is 9.06. The Morgan fingerprint density at radius 3 is 2.37 bits per heavy atom. The van der Waals surface area contributed by atoms with Gasteiger partial charge >= 0.3 is 6.03 Å². The van der Waals surface area contributed by atoms with Gasteiger partial charge in [-0.1, -0.05) is 55.0 Å². The molecule has 156 valence electrons. The van der Waals surface area contributed by atoms with Crippen molar-refractivity contribution in [2.24, 2.45) is 0 Å². The number of aromatic nitrogens is 2. The highest BCUT2D eigenvalue weighted by Gasteiger charge is 2.15. The van der Waals surface area contributed by atoms with Crippen LogP contribution in [0.25, 0.3) is 22.2 Å². The van der Waals surface area contributed by atoms with Gasteiger partial charge in [0, 0.05) is 6.04 Å². The van der Waals surface area contributed by atoms with Crippen molar-refractivity contribution in [1.29, 1.82) is 0 Å². The van der Waals surface area contributed by atoms with E-state index in [0.717, 1.165) is 36.8 Å². The summed E-state index contributed by atoms with van der Waals surface area (Å²) in [5.41, 5.74) is 2.89. The number of phenolic OH excluding ortho intramolecular Hbond substituents is 1. The first kappa shape index (κ1) is 20.7. The molecule has 3 N–H and O–H groups in total. The Bertz CT molecular complexity index is 1060. The number of rotatable bonds is 3. The van der Waals surface area contributed by atoms with E-state index in [2.05, 4.69) is 20.6 Å². The molecule has 0 aliphatic heterocycles. The van der Waals surface area contributed by atoms with Crippen molar-refractivity contribution in [2.45, 2.75) is 44.6 Å². The molecule has 8 heteroatoms. The lowest BCUT2D eigenvalue weighted by Crippen LogP contribution is -2.37. The third-order valence-corrected chi connectivity index (χ3v) is 5.90. The van der Waals surface area contributed by atoms with Crippen LogP contribution in [0.15, 0.2) is 36.5 Å². The Morgan fingerprint density at radius 1 is 0.967 bits per heavy atom. The molecule has 1 saturated carbocycles. The highest BCUT2D eigenvalue weighted by molar-refractivity contribution is 6.37. The molecule has 30 heavy (non-hydrogen) atoms. The minimum atomic E-state index is -0.260. The lowest BCUT2D eigenvalue weighted by atomic mass is 10.0. The number of carbonyl (C=O) groups excluding carboxylic acids is 1. The monoisotopic (exact) mass is 444 g/mol. The number of halogens is 2. The maximum absolute atomic E-state index is 12.4. The average Bonchev–Trinajstić information content (AvgIpc) is 2.99. The smallest absolute Gasteiger partial charge is 0.320 e. The standard InChI is InChI=1S/C22H22Cl2N4O2/c23-16-9-14(10-17(24)21(16)29)13-7-8-18-19(11-13)27-20(12-25-18)28-22(30)26-15-5-3-1-2-4-6-15/h7-12,15,29H,1-6H2,(H2,26,27,28,30). The minimum Gasteiger partial charge on any atom is -0.505 e. The Balaban J connectivity index is 1.54. The molecule has 0 radical (unpaired) electrons. The van der Waals surface area contributed by atoms with Crippen molar-refractivity contribution in [3.63, 3.8) is 0 Å². The van der Waals surface area contributed by atoms with Gasteiger partial charge in [0.25, 0.3) is 0 Å². The van der Waals surface area contributed by atoms with E-state index < -0.39 is 0 Å². The van der Waals surface area contributed by atoms with Crippen LogP contribution in [0.3, 0.4) is 0 Å². The maximum atomic E-state index is 12.4. The SMILES string of the molecule is O=C(Nc1cnc2ccc(-c3cc(Cl)c(O)c(Cl)c3)cc2n1)NC1CCCCCC1. The molecule has 0 spiro atoms. The van der Waals surface area contributed by atoms with Gasteiger partial charge in [0.2, 0.25) is 0 Å². The topological polar surface area (TPSA) is 87.1 Å². The van der Waals surface area contributed by atoms with E-state index in [0.29, 0.717) is 16.9 Å². The van der Waals surface area contributed by atoms with Crippen LogP contribution in [0.2, 0.25) is 10.0 Å². The minimum absolute atomic E-state index is 0.145. The van der Waals surface area contributed by atoms with Crippen LogP contribution in [0.1, 0.15) is 38.5 Å². The van der Waals surface area contributed by atoms with Crippen LogP contribution in [0.5, 0.6) is 5.75 Å². The molecule has 0 bridgehead atoms. The zero-order valence-corrected chi connectivity index (χ0v) is 17.8. The molecular formula is C22H22Cl2N4O2. The highest BCUT2D eigenvalue weighted by Crippen LogP contribution is 2.36. The fraction of sp³-hybridized carbons (Fsp3) is 0.318. The van der Waals surface area contributed by atoms with Gasteiger partial charge < -0.3 is 10.4 Å². The normalized spacial score (nSPS) is 15.0. The second-order valence-electron chi connectivity index (χ2n) is 7.53. The van der Waals surface area contributed by atoms with Crippen molar-refractivity contribution >= 4 is 46.1 Å². The van der Waals surface area contributed by atoms with E-state index in [1.54, 1.807) is 18.3 Å². The third-order valence-electron chi connectivity index (χ3n) is 5.32. The van der Waals surface area contributed by atoms with Gasteiger partial charge in [-0.3, -0.25) is 10.3 Å². The second-order valence-corrected chi connectivity index (χ2v) is 8.35. The number of aromatic hydroxyl groups is 1. The molecule has 0 unspecified atom stereocenters. The number of anilines is 1. The summed E-state index contributed by atoms with van der Waals surface area (Å²) in [6.45, 7) is 0. The van der Waals surface area contributed by atoms with Crippen LogP contribution < -0.4 is 10.6 Å². The van der Waals surface area contributed by atoms with Crippen molar-refractivity contribution in [2.75, 3.05) is 5.32 Å². The zero-order valence-electron chi connectivity index (χ0n) is 16.3. The molecule has 1 aliphatic carbocycles. The Morgan fingerprint density at radius 2 is 1.67 bits per heavy atom. The molecule has 2 aromatic carbocycles. The number of carbonyl (C=O) groups is 1. The number of hydrogen-bond donors (Lipinski definition) is 3. The summed E-state index contributed by atoms with van der Waals surface area (Å²) in [6.07, 6.45) is 8.33. The van der Waals surface area contributed by atoms with Crippen LogP contribution in [0, 0.1) is 0 Å². The third kappa shape index (κ3) is 4.77. The number of fused-ring (bicyclic) bond motifs is 1. The Labute approximate surface area is 184 Å². The molecule has 6 nitrogen and oxygen atoms in total. The average molecular weight is 445 g/mol. The van der Waals surface area contributed by atoms with Crippen LogP contribution >= 0.6 is 23.2 Å². The molecule has 1 aromatic heterocycles. The predicted molar refractivity (Wildman–Crippen MR) is 120 cm³/mol. The fourth-order valence-corrected chi connectivity index (χ4v) is 4.23. The van der Waals surface area contributed by atoms with E-state index in [1.165, 1.54) is 12.8 Å². The molecule has 1 fully saturated rings. The van der Waals surface area contributed by atoms with Crippen molar-refractivity contribution < 1.29 is 9.90 Å². The maximum Gasteiger partial charge on any atom is 0.320 e. The fourth-order valence-electron chi connectivity index (χ4n) is 3.74. The summed E-state index contributed by atoms with van der Waals surface area (Å²) in [5, 5.41) is 15.9. The molecule has 2 amide bonds. The van der Waals surface area contributed by atoms with Crippen molar-refractivity contribution in [3.05, 3.63) is 46.6 Å². The van der Waals surface area contributed by atoms with E-state index in [4.69, 9.17) is 23.2 Å². The number of hydrogen-bond acceptors (Lipinski definition) is 4. The first-order chi connectivity index (χ1) is 14.5. The molecule has 1 heterocycles. The quantitative estimate of drug-likeness (QED) is 0.422. The van der Waals surface area contributed by atoms with E-state index in [-0.39, 0.29) is 27.9 Å². The largest absolute Gasteiger partial charge is 0.505 e. The van der Waals surface area contributed by atoms with Gasteiger partial charge in [0.1, 0.15) is 0 Å². The molecule has 1 aliphatic rings. The lowest BCUT2D eigenvalue weighted by Gasteiger charge is -2.16. The van der Waals surface area contributed by atoms with Gasteiger partial charge in [-0.05, 0) is 48.2 Å². The number of urea groups is 1. The first-order valence-corrected chi connectivity index (χ1v) is 10.8. The van der Waals surface area contributed by atoms with E-state index in [9.17, 15) is 9.90 Å². The number of nitrogens with one attached hydrogen (secondary N) is 2. The summed E-state index contributed by atoms with van der Waals surface area (Å²) in [5.74, 6) is 0.237. The molecule has 4 rings (SSSR count). The Kier molecular flexibility index (Phi) is 6.25. The van der Waals surface area contributed by atoms with Gasteiger partial charge in [0.15, 0.2) is 11.6 Å². The van der Waals surface area contributed by atoms with Crippen LogP contribution in [0.4, 0.5) is 10.6 Å². The number of phenols is 1. The molecule has 0 atom stereocenters. The van der Waals surface area contributed by atoms with Crippen molar-refractivity contribution in [1.82, 2.24) is 15.3 Å². The van der Waals surface area contributed by atoms with E-state index in [1.807, 2.05) is 18.2 Å². The number of amides is 2. The van der Waals surface area contributed by atoms with Gasteiger partial charge in [-0.2, -0.15) is 0 Å². The summed E-state index contributed by atoms with van der Waals surface area (Å²) in [6, 6.07) is 8.78. The Hall–Kier alpha value is -2.57. The van der Waals surface area contributed by atoms with E-state index >= 15 is 0 Å². The van der Waals surface area contributed by atoms with Crippen LogP contribution in [-0.4, -0.2) is 27.1 Å².